The third-order valence-electron chi connectivity index (χ3n) is 4.30. The summed E-state index contributed by atoms with van der Waals surface area (Å²) >= 11 is 2.67. The van der Waals surface area contributed by atoms with Gasteiger partial charge in [-0.15, -0.1) is 10.2 Å². The Hall–Kier alpha value is -2.65. The summed E-state index contributed by atoms with van der Waals surface area (Å²) in [6.45, 7) is 0. The number of aromatic nitrogens is 2. The molecule has 3 aromatic rings. The molecule has 1 atom stereocenters. The van der Waals surface area contributed by atoms with Gasteiger partial charge in [-0.1, -0.05) is 35.2 Å². The van der Waals surface area contributed by atoms with E-state index in [0.717, 1.165) is 29.8 Å². The lowest BCUT2D eigenvalue weighted by atomic mass is 10.1. The normalized spacial score (nSPS) is 14.3. The van der Waals surface area contributed by atoms with Crippen LogP contribution in [0, 0.1) is 5.82 Å². The van der Waals surface area contributed by atoms with E-state index in [1.165, 1.54) is 35.2 Å². The van der Waals surface area contributed by atoms with Gasteiger partial charge >= 0.3 is 0 Å². The number of anilines is 2. The zero-order valence-corrected chi connectivity index (χ0v) is 17.2. The lowest BCUT2D eigenvalue weighted by Crippen LogP contribution is -2.29. The van der Waals surface area contributed by atoms with Crippen molar-refractivity contribution in [2.45, 2.75) is 28.5 Å². The number of carbonyl (C=O) groups is 1. The summed E-state index contributed by atoms with van der Waals surface area (Å²) < 4.78 is 19.1. The van der Waals surface area contributed by atoms with E-state index in [1.807, 2.05) is 24.3 Å². The molecule has 1 saturated carbocycles. The molecule has 0 aliphatic heterocycles. The molecule has 0 spiro atoms. The number of rotatable bonds is 8. The smallest absolute Gasteiger partial charge is 0.238 e. The Morgan fingerprint density at radius 1 is 1.17 bits per heavy atom. The Balaban J connectivity index is 1.48. The van der Waals surface area contributed by atoms with Gasteiger partial charge in [0.1, 0.15) is 16.8 Å². The highest BCUT2D eigenvalue weighted by Gasteiger charge is 2.30. The van der Waals surface area contributed by atoms with Gasteiger partial charge in [0.05, 0.1) is 7.11 Å². The Morgan fingerprint density at radius 2 is 1.90 bits per heavy atom. The zero-order valence-electron chi connectivity index (χ0n) is 15.6. The SMILES string of the molecule is COc1ccc(Nc2nnc(SC(C(=O)NC3CC3)c3ccc(F)cc3)s2)cc1. The molecule has 1 unspecified atom stereocenters. The van der Waals surface area contributed by atoms with Crippen molar-refractivity contribution >= 4 is 39.8 Å². The number of carbonyl (C=O) groups excluding carboxylic acids is 1. The van der Waals surface area contributed by atoms with E-state index >= 15 is 0 Å². The van der Waals surface area contributed by atoms with Crippen LogP contribution < -0.4 is 15.4 Å². The number of methoxy groups -OCH3 is 1. The molecular formula is C20H19FN4O2S2. The quantitative estimate of drug-likeness (QED) is 0.511. The van der Waals surface area contributed by atoms with Gasteiger partial charge in [0.2, 0.25) is 11.0 Å². The summed E-state index contributed by atoms with van der Waals surface area (Å²) in [5.74, 6) is 0.346. The summed E-state index contributed by atoms with van der Waals surface area (Å²) in [7, 11) is 1.62. The Bertz CT molecular complexity index is 975. The fourth-order valence-corrected chi connectivity index (χ4v) is 4.60. The summed E-state index contributed by atoms with van der Waals surface area (Å²) in [5, 5.41) is 14.7. The molecule has 29 heavy (non-hydrogen) atoms. The van der Waals surface area contributed by atoms with E-state index in [0.29, 0.717) is 9.47 Å². The van der Waals surface area contributed by atoms with Gasteiger partial charge in [0.25, 0.3) is 0 Å². The monoisotopic (exact) mass is 430 g/mol. The average Bonchev–Trinajstić information content (AvgIpc) is 3.44. The molecule has 1 heterocycles. The zero-order chi connectivity index (χ0) is 20.2. The lowest BCUT2D eigenvalue weighted by molar-refractivity contribution is -0.120. The van der Waals surface area contributed by atoms with Crippen LogP contribution in [-0.4, -0.2) is 29.3 Å². The van der Waals surface area contributed by atoms with Gasteiger partial charge in [0, 0.05) is 11.7 Å². The maximum atomic E-state index is 13.3. The van der Waals surface area contributed by atoms with Crippen LogP contribution in [0.2, 0.25) is 0 Å². The van der Waals surface area contributed by atoms with Crippen LogP contribution in [0.25, 0.3) is 0 Å². The first-order valence-corrected chi connectivity index (χ1v) is 10.8. The van der Waals surface area contributed by atoms with Gasteiger partial charge in [-0.05, 0) is 54.8 Å². The van der Waals surface area contributed by atoms with Gasteiger partial charge in [-0.2, -0.15) is 0 Å². The van der Waals surface area contributed by atoms with Crippen molar-refractivity contribution in [2.75, 3.05) is 12.4 Å². The maximum Gasteiger partial charge on any atom is 0.238 e. The minimum absolute atomic E-state index is 0.0935. The molecule has 1 aliphatic carbocycles. The number of hydrogen-bond donors (Lipinski definition) is 2. The molecule has 1 amide bonds. The van der Waals surface area contributed by atoms with Crippen LogP contribution in [0.5, 0.6) is 5.75 Å². The molecule has 150 valence electrons. The third-order valence-corrected chi connectivity index (χ3v) is 6.48. The highest BCUT2D eigenvalue weighted by Crippen LogP contribution is 2.39. The van der Waals surface area contributed by atoms with Crippen LogP contribution in [0.4, 0.5) is 15.2 Å². The first-order valence-electron chi connectivity index (χ1n) is 9.08. The lowest BCUT2D eigenvalue weighted by Gasteiger charge is -2.15. The Kier molecular flexibility index (Phi) is 5.96. The largest absolute Gasteiger partial charge is 0.497 e. The number of ether oxygens (including phenoxy) is 1. The highest BCUT2D eigenvalue weighted by atomic mass is 32.2. The first kappa shape index (κ1) is 19.7. The van der Waals surface area contributed by atoms with Crippen LogP contribution in [0.1, 0.15) is 23.7 Å². The molecule has 6 nitrogen and oxygen atoms in total. The molecule has 1 aliphatic rings. The summed E-state index contributed by atoms with van der Waals surface area (Å²) in [5.41, 5.74) is 1.59. The Labute approximate surface area is 175 Å². The van der Waals surface area contributed by atoms with Crippen molar-refractivity contribution in [3.8, 4) is 5.75 Å². The van der Waals surface area contributed by atoms with E-state index in [9.17, 15) is 9.18 Å². The number of amides is 1. The molecule has 9 heteroatoms. The van der Waals surface area contributed by atoms with E-state index in [2.05, 4.69) is 20.8 Å². The minimum Gasteiger partial charge on any atom is -0.497 e. The van der Waals surface area contributed by atoms with Crippen molar-refractivity contribution in [1.82, 2.24) is 15.5 Å². The maximum absolute atomic E-state index is 13.3. The molecule has 0 saturated heterocycles. The van der Waals surface area contributed by atoms with Crippen molar-refractivity contribution in [3.05, 3.63) is 59.9 Å². The molecule has 4 rings (SSSR count). The number of halogens is 1. The van der Waals surface area contributed by atoms with Gasteiger partial charge in [-0.25, -0.2) is 4.39 Å². The van der Waals surface area contributed by atoms with Crippen LogP contribution in [0.3, 0.4) is 0 Å². The second kappa shape index (κ2) is 8.79. The average molecular weight is 431 g/mol. The number of nitrogens with one attached hydrogen (secondary N) is 2. The molecule has 2 N–H and O–H groups in total. The van der Waals surface area contributed by atoms with Crippen molar-refractivity contribution in [1.29, 1.82) is 0 Å². The van der Waals surface area contributed by atoms with E-state index in [-0.39, 0.29) is 17.8 Å². The number of nitrogens with zero attached hydrogens (tertiary/aromatic N) is 2. The van der Waals surface area contributed by atoms with Crippen LogP contribution >= 0.6 is 23.1 Å². The Morgan fingerprint density at radius 3 is 2.55 bits per heavy atom. The fraction of sp³-hybridized carbons (Fsp3) is 0.250. The van der Waals surface area contributed by atoms with Crippen molar-refractivity contribution < 1.29 is 13.9 Å². The van der Waals surface area contributed by atoms with Crippen LogP contribution in [-0.2, 0) is 4.79 Å². The topological polar surface area (TPSA) is 76.1 Å². The van der Waals surface area contributed by atoms with Crippen molar-refractivity contribution in [2.24, 2.45) is 0 Å². The van der Waals surface area contributed by atoms with Gasteiger partial charge < -0.3 is 15.4 Å². The molecule has 2 aromatic carbocycles. The summed E-state index contributed by atoms with van der Waals surface area (Å²) in [4.78, 5) is 12.7. The number of thioether (sulfide) groups is 1. The third kappa shape index (κ3) is 5.24. The minimum atomic E-state index is -0.516. The van der Waals surface area contributed by atoms with Crippen molar-refractivity contribution in [3.63, 3.8) is 0 Å². The second-order valence-electron chi connectivity index (χ2n) is 6.56. The highest BCUT2D eigenvalue weighted by molar-refractivity contribution is 8.01. The second-order valence-corrected chi connectivity index (χ2v) is 8.89. The molecule has 1 aromatic heterocycles. The summed E-state index contributed by atoms with van der Waals surface area (Å²) in [6.07, 6.45) is 2.00. The first-order chi connectivity index (χ1) is 14.1. The van der Waals surface area contributed by atoms with E-state index in [1.54, 1.807) is 19.2 Å². The van der Waals surface area contributed by atoms with Crippen LogP contribution in [0.15, 0.2) is 52.9 Å². The summed E-state index contributed by atoms with van der Waals surface area (Å²) in [6, 6.07) is 13.7. The fourth-order valence-electron chi connectivity index (χ4n) is 2.62. The predicted molar refractivity (Wildman–Crippen MR) is 112 cm³/mol. The van der Waals surface area contributed by atoms with E-state index < -0.39 is 5.25 Å². The van der Waals surface area contributed by atoms with Gasteiger partial charge in [-0.3, -0.25) is 4.79 Å². The van der Waals surface area contributed by atoms with E-state index in [4.69, 9.17) is 4.74 Å². The molecule has 0 radical (unpaired) electrons. The standard InChI is InChI=1S/C20H19FN4O2S2/c1-27-16-10-8-15(9-11-16)23-19-24-25-20(29-19)28-17(18(26)22-14-6-7-14)12-2-4-13(21)5-3-12/h2-5,8-11,14,17H,6-7H2,1H3,(H,22,26)(H,23,24). The molecular weight excluding hydrogens is 411 g/mol. The predicted octanol–water partition coefficient (Wildman–Crippen LogP) is 4.54. The number of benzene rings is 2. The van der Waals surface area contributed by atoms with Gasteiger partial charge in [0.15, 0.2) is 4.34 Å². The molecule has 0 bridgehead atoms. The molecule has 1 fully saturated rings. The number of hydrogen-bond acceptors (Lipinski definition) is 7.